The summed E-state index contributed by atoms with van der Waals surface area (Å²) in [6.07, 6.45) is 2.81. The summed E-state index contributed by atoms with van der Waals surface area (Å²) < 4.78 is 11.3. The molecule has 1 aliphatic heterocycles. The van der Waals surface area contributed by atoms with E-state index in [1.165, 1.54) is 0 Å². The highest BCUT2D eigenvalue weighted by molar-refractivity contribution is 5.87. The van der Waals surface area contributed by atoms with Crippen molar-refractivity contribution in [3.8, 4) is 0 Å². The van der Waals surface area contributed by atoms with Crippen LogP contribution >= 0.6 is 0 Å². The average molecular weight is 348 g/mol. The summed E-state index contributed by atoms with van der Waals surface area (Å²) in [6, 6.07) is 0. The number of hydrogen-bond acceptors (Lipinski definition) is 5. The number of hydrogen-bond donors (Lipinski definition) is 1. The van der Waals surface area contributed by atoms with Crippen LogP contribution in [-0.4, -0.2) is 34.9 Å². The largest absolute Gasteiger partial charge is 0.461 e. The first kappa shape index (κ1) is 18.2. The standard InChI is InChI=1S/C20H28O5/c1-6-10(2)18(21)25-16-9-20(5,23)14-8-13-12(4)19(22)24-15(13)7-11(3)17(14)16/h6,12-17,23H,3,7-9H2,1-2,4-5H3/b10-6+/t12-,13+,14+,15+,16-,17+,20+/m0/s1. The molecule has 1 N–H and O–H groups in total. The molecule has 0 aromatic carbocycles. The maximum Gasteiger partial charge on any atom is 0.333 e. The Morgan fingerprint density at radius 3 is 2.80 bits per heavy atom. The van der Waals surface area contributed by atoms with Crippen molar-refractivity contribution in [3.05, 3.63) is 23.8 Å². The van der Waals surface area contributed by atoms with Gasteiger partial charge in [0, 0.05) is 30.3 Å². The molecule has 3 rings (SSSR count). The van der Waals surface area contributed by atoms with Crippen molar-refractivity contribution in [1.29, 1.82) is 0 Å². The van der Waals surface area contributed by atoms with Gasteiger partial charge in [-0.25, -0.2) is 4.79 Å². The molecule has 5 nitrogen and oxygen atoms in total. The van der Waals surface area contributed by atoms with Crippen LogP contribution in [0.2, 0.25) is 0 Å². The molecule has 2 saturated carbocycles. The first-order chi connectivity index (χ1) is 11.7. The predicted octanol–water partition coefficient (Wildman–Crippen LogP) is 2.78. The zero-order valence-corrected chi connectivity index (χ0v) is 15.5. The van der Waals surface area contributed by atoms with Gasteiger partial charge in [-0.2, -0.15) is 0 Å². The number of allylic oxidation sites excluding steroid dienone is 1. The zero-order chi connectivity index (χ0) is 18.5. The van der Waals surface area contributed by atoms with Crippen molar-refractivity contribution in [2.24, 2.45) is 23.7 Å². The fourth-order valence-corrected chi connectivity index (χ4v) is 4.82. The van der Waals surface area contributed by atoms with Crippen molar-refractivity contribution < 1.29 is 24.2 Å². The number of rotatable bonds is 2. The van der Waals surface area contributed by atoms with Gasteiger partial charge >= 0.3 is 11.9 Å². The Labute approximate surface area is 149 Å². The van der Waals surface area contributed by atoms with E-state index in [1.807, 2.05) is 6.92 Å². The third kappa shape index (κ3) is 3.03. The van der Waals surface area contributed by atoms with E-state index >= 15 is 0 Å². The highest BCUT2D eigenvalue weighted by Crippen LogP contribution is 2.54. The van der Waals surface area contributed by atoms with Gasteiger partial charge in [0.2, 0.25) is 0 Å². The van der Waals surface area contributed by atoms with Crippen LogP contribution in [0.15, 0.2) is 23.8 Å². The van der Waals surface area contributed by atoms with Gasteiger partial charge in [0.05, 0.1) is 11.5 Å². The van der Waals surface area contributed by atoms with Crippen LogP contribution in [0.4, 0.5) is 0 Å². The van der Waals surface area contributed by atoms with Crippen molar-refractivity contribution in [3.63, 3.8) is 0 Å². The summed E-state index contributed by atoms with van der Waals surface area (Å²) in [4.78, 5) is 24.2. The Kier molecular flexibility index (Phi) is 4.56. The summed E-state index contributed by atoms with van der Waals surface area (Å²) in [6.45, 7) is 11.4. The van der Waals surface area contributed by atoms with E-state index in [0.29, 0.717) is 24.8 Å². The topological polar surface area (TPSA) is 72.8 Å². The normalized spacial score (nSPS) is 44.0. The number of carbonyl (C=O) groups excluding carboxylic acids is 2. The van der Waals surface area contributed by atoms with Gasteiger partial charge in [0.25, 0.3) is 0 Å². The third-order valence-electron chi connectivity index (χ3n) is 6.48. The second kappa shape index (κ2) is 6.27. The Morgan fingerprint density at radius 1 is 1.48 bits per heavy atom. The lowest BCUT2D eigenvalue weighted by atomic mass is 9.77. The molecule has 3 aliphatic rings. The molecule has 1 saturated heterocycles. The summed E-state index contributed by atoms with van der Waals surface area (Å²) >= 11 is 0. The molecule has 5 heteroatoms. The second-order valence-corrected chi connectivity index (χ2v) is 8.13. The zero-order valence-electron chi connectivity index (χ0n) is 15.5. The monoisotopic (exact) mass is 348 g/mol. The molecule has 0 aromatic rings. The van der Waals surface area contributed by atoms with Crippen molar-refractivity contribution in [2.45, 2.75) is 64.8 Å². The lowest BCUT2D eigenvalue weighted by Crippen LogP contribution is -2.34. The number of fused-ring (bicyclic) bond motifs is 2. The van der Waals surface area contributed by atoms with Crippen LogP contribution in [0.25, 0.3) is 0 Å². The first-order valence-corrected chi connectivity index (χ1v) is 9.10. The summed E-state index contributed by atoms with van der Waals surface area (Å²) in [5.41, 5.74) is 0.512. The van der Waals surface area contributed by atoms with Crippen LogP contribution in [0.1, 0.15) is 47.0 Å². The SMILES string of the molecule is C=C1C[C@H]2OC(=O)[C@@H](C)[C@H]2C[C@@H]2[C@@H]1[C@@H](OC(=O)/C(C)=C/C)C[C@@]2(C)O. The van der Waals surface area contributed by atoms with Crippen LogP contribution < -0.4 is 0 Å². The Balaban J connectivity index is 1.87. The molecule has 7 atom stereocenters. The Bertz CT molecular complexity index is 632. The van der Waals surface area contributed by atoms with Gasteiger partial charge in [-0.1, -0.05) is 25.2 Å². The highest BCUT2D eigenvalue weighted by Gasteiger charge is 2.57. The summed E-state index contributed by atoms with van der Waals surface area (Å²) in [5.74, 6) is -0.779. The molecular weight excluding hydrogens is 320 g/mol. The number of esters is 2. The van der Waals surface area contributed by atoms with Gasteiger partial charge < -0.3 is 14.6 Å². The summed E-state index contributed by atoms with van der Waals surface area (Å²) in [7, 11) is 0. The van der Waals surface area contributed by atoms with E-state index in [1.54, 1.807) is 26.8 Å². The van der Waals surface area contributed by atoms with E-state index in [2.05, 4.69) is 6.58 Å². The van der Waals surface area contributed by atoms with Crippen molar-refractivity contribution >= 4 is 11.9 Å². The molecule has 3 fully saturated rings. The molecule has 2 aliphatic carbocycles. The Hall–Kier alpha value is -1.62. The van der Waals surface area contributed by atoms with E-state index < -0.39 is 5.60 Å². The number of ether oxygens (including phenoxy) is 2. The van der Waals surface area contributed by atoms with Gasteiger partial charge in [-0.3, -0.25) is 4.79 Å². The summed E-state index contributed by atoms with van der Waals surface area (Å²) in [5, 5.41) is 11.0. The average Bonchev–Trinajstić information content (AvgIpc) is 2.86. The van der Waals surface area contributed by atoms with E-state index in [-0.39, 0.29) is 47.8 Å². The number of aliphatic hydroxyl groups is 1. The number of carbonyl (C=O) groups is 2. The quantitative estimate of drug-likeness (QED) is 0.472. The maximum absolute atomic E-state index is 12.2. The fraction of sp³-hybridized carbons (Fsp3) is 0.700. The molecule has 0 spiro atoms. The van der Waals surface area contributed by atoms with Crippen LogP contribution in [0.5, 0.6) is 0 Å². The van der Waals surface area contributed by atoms with Crippen LogP contribution in [0, 0.1) is 23.7 Å². The minimum Gasteiger partial charge on any atom is -0.461 e. The van der Waals surface area contributed by atoms with E-state index in [0.717, 1.165) is 5.57 Å². The molecule has 25 heavy (non-hydrogen) atoms. The third-order valence-corrected chi connectivity index (χ3v) is 6.48. The lowest BCUT2D eigenvalue weighted by Gasteiger charge is -2.30. The van der Waals surface area contributed by atoms with Crippen LogP contribution in [0.3, 0.4) is 0 Å². The van der Waals surface area contributed by atoms with E-state index in [4.69, 9.17) is 9.47 Å². The lowest BCUT2D eigenvalue weighted by molar-refractivity contribution is -0.145. The van der Waals surface area contributed by atoms with E-state index in [9.17, 15) is 14.7 Å². The minimum atomic E-state index is -0.956. The smallest absolute Gasteiger partial charge is 0.333 e. The predicted molar refractivity (Wildman–Crippen MR) is 92.4 cm³/mol. The van der Waals surface area contributed by atoms with Crippen molar-refractivity contribution in [2.75, 3.05) is 0 Å². The van der Waals surface area contributed by atoms with Crippen LogP contribution in [-0.2, 0) is 19.1 Å². The van der Waals surface area contributed by atoms with Gasteiger partial charge in [0.1, 0.15) is 12.2 Å². The van der Waals surface area contributed by atoms with Gasteiger partial charge in [0.15, 0.2) is 0 Å². The molecule has 1 heterocycles. The molecule has 0 unspecified atom stereocenters. The second-order valence-electron chi connectivity index (χ2n) is 8.13. The first-order valence-electron chi connectivity index (χ1n) is 9.10. The molecule has 0 aromatic heterocycles. The molecule has 0 bridgehead atoms. The fourth-order valence-electron chi connectivity index (χ4n) is 4.82. The Morgan fingerprint density at radius 2 is 2.16 bits per heavy atom. The maximum atomic E-state index is 12.2. The van der Waals surface area contributed by atoms with Gasteiger partial charge in [-0.05, 0) is 33.1 Å². The highest BCUT2D eigenvalue weighted by atomic mass is 16.6. The van der Waals surface area contributed by atoms with Gasteiger partial charge in [-0.15, -0.1) is 0 Å². The minimum absolute atomic E-state index is 0.0810. The molecular formula is C20H28O5. The molecule has 0 radical (unpaired) electrons. The molecule has 0 amide bonds. The molecule has 138 valence electrons. The van der Waals surface area contributed by atoms with Crippen molar-refractivity contribution in [1.82, 2.24) is 0 Å².